The van der Waals surface area contributed by atoms with Crippen LogP contribution in [0.2, 0.25) is 0 Å². The lowest BCUT2D eigenvalue weighted by Gasteiger charge is -2.18. The third-order valence-electron chi connectivity index (χ3n) is 4.60. The Balaban J connectivity index is 1.84. The van der Waals surface area contributed by atoms with Crippen molar-refractivity contribution in [3.63, 3.8) is 0 Å². The number of aliphatic carboxylic acids is 1. The number of rotatable bonds is 6. The first-order valence-corrected chi connectivity index (χ1v) is 8.89. The van der Waals surface area contributed by atoms with E-state index in [9.17, 15) is 9.90 Å². The second-order valence-electron chi connectivity index (χ2n) is 6.44. The number of carboxylic acids is 1. The first-order valence-electron chi connectivity index (χ1n) is 8.89. The molecule has 0 amide bonds. The molecule has 0 bridgehead atoms. The van der Waals surface area contributed by atoms with E-state index in [0.717, 1.165) is 16.7 Å². The summed E-state index contributed by atoms with van der Waals surface area (Å²) in [7, 11) is 3.34. The Labute approximate surface area is 166 Å². The largest absolute Gasteiger partial charge is 0.493 e. The minimum Gasteiger partial charge on any atom is -0.493 e. The maximum absolute atomic E-state index is 11.3. The molecule has 0 radical (unpaired) electrons. The fraction of sp³-hybridized carbons (Fsp3) is 0.200. The van der Waals surface area contributed by atoms with Gasteiger partial charge in [-0.1, -0.05) is 11.3 Å². The third kappa shape index (κ3) is 3.27. The molecule has 1 unspecified atom stereocenters. The molecule has 9 heteroatoms. The Morgan fingerprint density at radius 3 is 2.83 bits per heavy atom. The summed E-state index contributed by atoms with van der Waals surface area (Å²) < 4.78 is 14.7. The van der Waals surface area contributed by atoms with E-state index < -0.39 is 12.1 Å². The zero-order valence-corrected chi connectivity index (χ0v) is 16.1. The van der Waals surface area contributed by atoms with E-state index in [1.165, 1.54) is 14.0 Å². The monoisotopic (exact) mass is 393 g/mol. The van der Waals surface area contributed by atoms with E-state index in [2.05, 4.69) is 15.3 Å². The lowest BCUT2D eigenvalue weighted by molar-refractivity contribution is -0.144. The molecule has 2 aromatic heterocycles. The van der Waals surface area contributed by atoms with E-state index in [1.807, 2.05) is 42.1 Å². The Morgan fingerprint density at radius 1 is 1.24 bits per heavy atom. The SMILES string of the molecule is COc1cccc(-c2nccn2-c2ccc3c(c2)nnn3C)c1OC(C)C(=O)O. The van der Waals surface area contributed by atoms with Crippen LogP contribution in [-0.4, -0.2) is 48.8 Å². The maximum Gasteiger partial charge on any atom is 0.344 e. The van der Waals surface area contributed by atoms with Gasteiger partial charge in [0.2, 0.25) is 0 Å². The molecular formula is C20H19N5O4. The van der Waals surface area contributed by atoms with Crippen molar-refractivity contribution < 1.29 is 19.4 Å². The molecule has 2 heterocycles. The van der Waals surface area contributed by atoms with Gasteiger partial charge in [0.15, 0.2) is 17.6 Å². The van der Waals surface area contributed by atoms with Crippen LogP contribution >= 0.6 is 0 Å². The molecule has 0 saturated carbocycles. The lowest BCUT2D eigenvalue weighted by atomic mass is 10.1. The molecule has 0 saturated heterocycles. The third-order valence-corrected chi connectivity index (χ3v) is 4.60. The van der Waals surface area contributed by atoms with E-state index in [4.69, 9.17) is 9.47 Å². The van der Waals surface area contributed by atoms with Gasteiger partial charge in [-0.05, 0) is 37.3 Å². The second-order valence-corrected chi connectivity index (χ2v) is 6.44. The van der Waals surface area contributed by atoms with Gasteiger partial charge >= 0.3 is 5.97 Å². The maximum atomic E-state index is 11.3. The molecular weight excluding hydrogens is 374 g/mol. The van der Waals surface area contributed by atoms with E-state index in [-0.39, 0.29) is 0 Å². The molecule has 0 aliphatic rings. The summed E-state index contributed by atoms with van der Waals surface area (Å²) in [5.41, 5.74) is 3.12. The highest BCUT2D eigenvalue weighted by molar-refractivity contribution is 5.78. The summed E-state index contributed by atoms with van der Waals surface area (Å²) >= 11 is 0. The number of hydrogen-bond donors (Lipinski definition) is 1. The highest BCUT2D eigenvalue weighted by Gasteiger charge is 2.22. The van der Waals surface area contributed by atoms with Crippen molar-refractivity contribution in [2.75, 3.05) is 7.11 Å². The van der Waals surface area contributed by atoms with Crippen LogP contribution in [0.5, 0.6) is 11.5 Å². The van der Waals surface area contributed by atoms with Gasteiger partial charge in [0.1, 0.15) is 11.3 Å². The van der Waals surface area contributed by atoms with Gasteiger partial charge < -0.3 is 14.6 Å². The summed E-state index contributed by atoms with van der Waals surface area (Å²) in [5.74, 6) is 0.255. The molecule has 0 fully saturated rings. The van der Waals surface area contributed by atoms with Crippen LogP contribution in [0.4, 0.5) is 0 Å². The van der Waals surface area contributed by atoms with Crippen LogP contribution in [0.25, 0.3) is 28.1 Å². The van der Waals surface area contributed by atoms with Crippen LogP contribution in [0.1, 0.15) is 6.92 Å². The molecule has 1 N–H and O–H groups in total. The van der Waals surface area contributed by atoms with Gasteiger partial charge in [-0.15, -0.1) is 5.10 Å². The zero-order chi connectivity index (χ0) is 20.5. The van der Waals surface area contributed by atoms with Crippen LogP contribution in [-0.2, 0) is 11.8 Å². The number of hydrogen-bond acceptors (Lipinski definition) is 6. The fourth-order valence-corrected chi connectivity index (χ4v) is 3.09. The van der Waals surface area contributed by atoms with Crippen molar-refractivity contribution in [3.8, 4) is 28.6 Å². The number of fused-ring (bicyclic) bond motifs is 1. The summed E-state index contributed by atoms with van der Waals surface area (Å²) in [6, 6.07) is 11.1. The molecule has 29 heavy (non-hydrogen) atoms. The quantitative estimate of drug-likeness (QED) is 0.537. The molecule has 1 atom stereocenters. The number of aryl methyl sites for hydroxylation is 1. The minimum absolute atomic E-state index is 0.318. The number of methoxy groups -OCH3 is 1. The van der Waals surface area contributed by atoms with Crippen molar-refractivity contribution in [1.29, 1.82) is 0 Å². The van der Waals surface area contributed by atoms with Gasteiger partial charge in [0, 0.05) is 25.1 Å². The van der Waals surface area contributed by atoms with Crippen molar-refractivity contribution in [1.82, 2.24) is 24.5 Å². The van der Waals surface area contributed by atoms with Crippen LogP contribution < -0.4 is 9.47 Å². The number of nitrogens with zero attached hydrogens (tertiary/aromatic N) is 5. The minimum atomic E-state index is -1.07. The molecule has 9 nitrogen and oxygen atoms in total. The second kappa shape index (κ2) is 7.27. The van der Waals surface area contributed by atoms with E-state index in [1.54, 1.807) is 23.0 Å². The Hall–Kier alpha value is -3.88. The molecule has 0 spiro atoms. The summed E-state index contributed by atoms with van der Waals surface area (Å²) in [6.07, 6.45) is 2.43. The highest BCUT2D eigenvalue weighted by atomic mass is 16.5. The highest BCUT2D eigenvalue weighted by Crippen LogP contribution is 2.39. The predicted octanol–water partition coefficient (Wildman–Crippen LogP) is 2.68. The smallest absolute Gasteiger partial charge is 0.344 e. The van der Waals surface area contributed by atoms with Gasteiger partial charge in [0.25, 0.3) is 0 Å². The van der Waals surface area contributed by atoms with Crippen LogP contribution in [0, 0.1) is 0 Å². The number of aromatic nitrogens is 5. The molecule has 2 aromatic carbocycles. The molecule has 0 aliphatic carbocycles. The summed E-state index contributed by atoms with van der Waals surface area (Å²) in [4.78, 5) is 15.8. The first kappa shape index (κ1) is 18.5. The van der Waals surface area contributed by atoms with Gasteiger partial charge in [0.05, 0.1) is 18.2 Å². The topological polar surface area (TPSA) is 104 Å². The van der Waals surface area contributed by atoms with Gasteiger partial charge in [-0.2, -0.15) is 0 Å². The van der Waals surface area contributed by atoms with E-state index in [0.29, 0.717) is 22.9 Å². The standard InChI is InChI=1S/C20H19N5O4/c1-12(20(26)27)29-18-14(5-4-6-17(18)28-3)19-21-9-10-25(19)13-7-8-16-15(11-13)22-23-24(16)2/h4-12H,1-3H3,(H,26,27). The van der Waals surface area contributed by atoms with Crippen molar-refractivity contribution >= 4 is 17.0 Å². The fourth-order valence-electron chi connectivity index (χ4n) is 3.09. The van der Waals surface area contributed by atoms with Crippen molar-refractivity contribution in [2.24, 2.45) is 7.05 Å². The number of para-hydroxylation sites is 1. The molecule has 4 rings (SSSR count). The van der Waals surface area contributed by atoms with Crippen molar-refractivity contribution in [2.45, 2.75) is 13.0 Å². The normalized spacial score (nSPS) is 12.1. The van der Waals surface area contributed by atoms with E-state index >= 15 is 0 Å². The Kier molecular flexibility index (Phi) is 4.63. The van der Waals surface area contributed by atoms with Crippen molar-refractivity contribution in [3.05, 3.63) is 48.8 Å². The molecule has 148 valence electrons. The average molecular weight is 393 g/mol. The Bertz CT molecular complexity index is 1200. The number of imidazole rings is 1. The Morgan fingerprint density at radius 2 is 2.07 bits per heavy atom. The molecule has 0 aliphatic heterocycles. The van der Waals surface area contributed by atoms with Crippen LogP contribution in [0.15, 0.2) is 48.8 Å². The lowest BCUT2D eigenvalue weighted by Crippen LogP contribution is -2.23. The first-order chi connectivity index (χ1) is 14.0. The van der Waals surface area contributed by atoms with Gasteiger partial charge in [-0.3, -0.25) is 4.57 Å². The average Bonchev–Trinajstić information content (AvgIpc) is 3.35. The summed E-state index contributed by atoms with van der Waals surface area (Å²) in [6.45, 7) is 1.47. The van der Waals surface area contributed by atoms with Crippen LogP contribution in [0.3, 0.4) is 0 Å². The number of benzene rings is 2. The van der Waals surface area contributed by atoms with Gasteiger partial charge in [-0.25, -0.2) is 14.5 Å². The predicted molar refractivity (Wildman–Crippen MR) is 105 cm³/mol. The summed E-state index contributed by atoms with van der Waals surface area (Å²) in [5, 5.41) is 17.5. The zero-order valence-electron chi connectivity index (χ0n) is 16.1. The molecule has 4 aromatic rings. The number of carboxylic acid groups (broad SMARTS) is 1. The number of carbonyl (C=O) groups is 1. The number of ether oxygens (including phenoxy) is 2.